The zero-order chi connectivity index (χ0) is 24.7. The van der Waals surface area contributed by atoms with Crippen LogP contribution in [0.15, 0.2) is 47.2 Å². The number of nitrogens with zero attached hydrogens (tertiary/aromatic N) is 4. The Balaban J connectivity index is 1.45. The van der Waals surface area contributed by atoms with Crippen molar-refractivity contribution in [3.05, 3.63) is 58.6 Å². The van der Waals surface area contributed by atoms with Crippen molar-refractivity contribution in [1.29, 1.82) is 0 Å². The van der Waals surface area contributed by atoms with Crippen molar-refractivity contribution < 1.29 is 9.90 Å². The summed E-state index contributed by atoms with van der Waals surface area (Å²) in [7, 11) is 0. The van der Waals surface area contributed by atoms with Crippen LogP contribution in [0.3, 0.4) is 0 Å². The Morgan fingerprint density at radius 2 is 1.97 bits per heavy atom. The number of carboxylic acid groups (broad SMARTS) is 1. The van der Waals surface area contributed by atoms with Crippen molar-refractivity contribution in [1.82, 2.24) is 19.6 Å². The van der Waals surface area contributed by atoms with Crippen LogP contribution in [0, 0.1) is 17.8 Å². The van der Waals surface area contributed by atoms with E-state index < -0.39 is 5.97 Å². The summed E-state index contributed by atoms with van der Waals surface area (Å²) in [5, 5.41) is 13.8. The molecule has 0 radical (unpaired) electrons. The molecule has 182 valence electrons. The summed E-state index contributed by atoms with van der Waals surface area (Å²) >= 11 is 3.63. The largest absolute Gasteiger partial charge is 0.481 e. The summed E-state index contributed by atoms with van der Waals surface area (Å²) in [6.07, 6.45) is 14.1. The highest BCUT2D eigenvalue weighted by molar-refractivity contribution is 9.10. The molecule has 7 nitrogen and oxygen atoms in total. The third-order valence-electron chi connectivity index (χ3n) is 7.48. The molecule has 3 aromatic heterocycles. The molecule has 3 heterocycles. The topological polar surface area (TPSA) is 106 Å². The van der Waals surface area contributed by atoms with Crippen LogP contribution in [-0.2, 0) is 4.79 Å². The fourth-order valence-corrected chi connectivity index (χ4v) is 5.78. The number of halogens is 1. The first-order valence-corrected chi connectivity index (χ1v) is 13.0. The number of pyridine rings is 1. The average molecular weight is 536 g/mol. The van der Waals surface area contributed by atoms with Crippen molar-refractivity contribution in [3.8, 4) is 11.1 Å². The van der Waals surface area contributed by atoms with Gasteiger partial charge in [0, 0.05) is 23.2 Å². The van der Waals surface area contributed by atoms with Gasteiger partial charge in [-0.3, -0.25) is 9.78 Å². The molecule has 0 amide bonds. The van der Waals surface area contributed by atoms with E-state index in [1.165, 1.54) is 5.57 Å². The van der Waals surface area contributed by atoms with Crippen LogP contribution in [0.4, 0.5) is 5.82 Å². The van der Waals surface area contributed by atoms with Gasteiger partial charge in [0.2, 0.25) is 0 Å². The molecule has 1 atom stereocenters. The average Bonchev–Trinajstić information content (AvgIpc) is 3.30. The molecule has 0 aromatic carbocycles. The van der Waals surface area contributed by atoms with Crippen LogP contribution in [0.1, 0.15) is 63.3 Å². The summed E-state index contributed by atoms with van der Waals surface area (Å²) in [5.41, 5.74) is 12.1. The van der Waals surface area contributed by atoms with Crippen LogP contribution < -0.4 is 5.73 Å². The quantitative estimate of drug-likeness (QED) is 0.408. The lowest BCUT2D eigenvalue weighted by atomic mass is 9.80. The molecule has 5 rings (SSSR count). The second-order valence-corrected chi connectivity index (χ2v) is 10.8. The lowest BCUT2D eigenvalue weighted by Crippen LogP contribution is -2.21. The van der Waals surface area contributed by atoms with Crippen molar-refractivity contribution in [2.45, 2.75) is 51.9 Å². The van der Waals surface area contributed by atoms with Gasteiger partial charge in [-0.05, 0) is 71.5 Å². The van der Waals surface area contributed by atoms with E-state index in [4.69, 9.17) is 15.7 Å². The number of carbonyl (C=O) groups is 1. The Morgan fingerprint density at radius 3 is 2.63 bits per heavy atom. The summed E-state index contributed by atoms with van der Waals surface area (Å²) in [5.74, 6) is 0.810. The Labute approximate surface area is 213 Å². The highest BCUT2D eigenvalue weighted by atomic mass is 79.9. The van der Waals surface area contributed by atoms with E-state index in [0.717, 1.165) is 46.2 Å². The first-order chi connectivity index (χ1) is 16.8. The third-order valence-corrected chi connectivity index (χ3v) is 8.29. The molecule has 1 saturated carbocycles. The predicted molar refractivity (Wildman–Crippen MR) is 141 cm³/mol. The van der Waals surface area contributed by atoms with Crippen LogP contribution >= 0.6 is 15.9 Å². The molecule has 1 fully saturated rings. The van der Waals surface area contributed by atoms with Gasteiger partial charge in [-0.1, -0.05) is 38.1 Å². The van der Waals surface area contributed by atoms with Crippen molar-refractivity contribution in [2.75, 3.05) is 5.73 Å². The van der Waals surface area contributed by atoms with Gasteiger partial charge in [0.25, 0.3) is 0 Å². The number of allylic oxidation sites excluding steroid dienone is 4. The summed E-state index contributed by atoms with van der Waals surface area (Å²) in [4.78, 5) is 21.1. The predicted octanol–water partition coefficient (Wildman–Crippen LogP) is 6.11. The molecular formula is C27H30BrN5O2. The fourth-order valence-electron chi connectivity index (χ4n) is 5.20. The zero-order valence-corrected chi connectivity index (χ0v) is 21.6. The number of nitrogen functional groups attached to an aromatic ring is 1. The maximum Gasteiger partial charge on any atom is 0.306 e. The SMILES string of the molecule is CC(C)C1C=CC=C(c2ccc(-c3cnn4c(N)c(Br)c([C@H]5CC[C@H](C(=O)O)CC5)nc34)cn2)C1. The van der Waals surface area contributed by atoms with Crippen LogP contribution in [0.25, 0.3) is 22.3 Å². The molecule has 8 heteroatoms. The molecule has 3 aromatic rings. The zero-order valence-electron chi connectivity index (χ0n) is 20.0. The Morgan fingerprint density at radius 1 is 1.20 bits per heavy atom. The van der Waals surface area contributed by atoms with E-state index in [-0.39, 0.29) is 11.8 Å². The van der Waals surface area contributed by atoms with Crippen LogP contribution in [-0.4, -0.2) is 30.7 Å². The number of aromatic nitrogens is 4. The van der Waals surface area contributed by atoms with E-state index in [2.05, 4.69) is 65.2 Å². The molecule has 0 saturated heterocycles. The Bertz CT molecular complexity index is 1320. The lowest BCUT2D eigenvalue weighted by Gasteiger charge is -2.26. The number of nitrogens with two attached hydrogens (primary N) is 1. The van der Waals surface area contributed by atoms with E-state index in [1.54, 1.807) is 10.7 Å². The number of fused-ring (bicyclic) bond motifs is 1. The van der Waals surface area contributed by atoms with Gasteiger partial charge in [0.1, 0.15) is 5.82 Å². The normalized spacial score (nSPS) is 22.5. The molecule has 35 heavy (non-hydrogen) atoms. The summed E-state index contributed by atoms with van der Waals surface area (Å²) < 4.78 is 2.39. The van der Waals surface area contributed by atoms with E-state index >= 15 is 0 Å². The van der Waals surface area contributed by atoms with Gasteiger partial charge < -0.3 is 10.8 Å². The van der Waals surface area contributed by atoms with E-state index in [1.807, 2.05) is 6.20 Å². The monoisotopic (exact) mass is 535 g/mol. The Kier molecular flexibility index (Phi) is 6.49. The van der Waals surface area contributed by atoms with Gasteiger partial charge >= 0.3 is 5.97 Å². The minimum absolute atomic E-state index is 0.163. The third kappa shape index (κ3) is 4.51. The van der Waals surface area contributed by atoms with Crippen LogP contribution in [0.2, 0.25) is 0 Å². The molecule has 0 bridgehead atoms. The minimum atomic E-state index is -0.709. The van der Waals surface area contributed by atoms with Crippen molar-refractivity contribution in [2.24, 2.45) is 17.8 Å². The minimum Gasteiger partial charge on any atom is -0.481 e. The molecule has 0 aliphatic heterocycles. The highest BCUT2D eigenvalue weighted by Gasteiger charge is 2.30. The molecule has 2 aliphatic carbocycles. The first kappa shape index (κ1) is 23.7. The highest BCUT2D eigenvalue weighted by Crippen LogP contribution is 2.41. The number of hydrogen-bond donors (Lipinski definition) is 2. The number of anilines is 1. The number of hydrogen-bond acceptors (Lipinski definition) is 5. The van der Waals surface area contributed by atoms with E-state index in [0.29, 0.717) is 36.1 Å². The molecule has 0 spiro atoms. The lowest BCUT2D eigenvalue weighted by molar-refractivity contribution is -0.142. The number of rotatable bonds is 5. The Hall–Kier alpha value is -3.00. The number of aliphatic carboxylic acids is 1. The summed E-state index contributed by atoms with van der Waals surface area (Å²) in [6, 6.07) is 4.14. The second-order valence-electron chi connectivity index (χ2n) is 10.00. The molecule has 2 aliphatic rings. The maximum atomic E-state index is 11.4. The van der Waals surface area contributed by atoms with Gasteiger partial charge in [-0.15, -0.1) is 0 Å². The molecular weight excluding hydrogens is 506 g/mol. The van der Waals surface area contributed by atoms with Gasteiger partial charge in [0.15, 0.2) is 5.65 Å². The first-order valence-electron chi connectivity index (χ1n) is 12.2. The molecule has 3 N–H and O–H groups in total. The van der Waals surface area contributed by atoms with Gasteiger partial charge in [-0.25, -0.2) is 4.98 Å². The van der Waals surface area contributed by atoms with Gasteiger partial charge in [0.05, 0.1) is 28.0 Å². The van der Waals surface area contributed by atoms with Crippen LogP contribution in [0.5, 0.6) is 0 Å². The second kappa shape index (κ2) is 9.57. The molecule has 1 unspecified atom stereocenters. The number of carboxylic acids is 1. The smallest absolute Gasteiger partial charge is 0.306 e. The summed E-state index contributed by atoms with van der Waals surface area (Å²) in [6.45, 7) is 4.51. The standard InChI is InChI=1S/C27H30BrN5O2/c1-15(2)18-4-3-5-19(12-18)22-11-10-20(13-30-22)21-14-31-33-25(29)23(28)24(32-26(21)33)16-6-8-17(9-7-16)27(34)35/h3-5,10-11,13-18H,6-9,12,29H2,1-2H3,(H,34,35)/t16-,17-,18?. The maximum absolute atomic E-state index is 11.4. The van der Waals surface area contributed by atoms with E-state index in [9.17, 15) is 9.90 Å². The fraction of sp³-hybridized carbons (Fsp3) is 0.407. The van der Waals surface area contributed by atoms with Gasteiger partial charge in [-0.2, -0.15) is 9.61 Å². The van der Waals surface area contributed by atoms with Crippen molar-refractivity contribution in [3.63, 3.8) is 0 Å². The van der Waals surface area contributed by atoms with Crippen molar-refractivity contribution >= 4 is 38.9 Å².